The first-order valence-electron chi connectivity index (χ1n) is 8.49. The molecule has 1 fully saturated rings. The van der Waals surface area contributed by atoms with Gasteiger partial charge in [0.15, 0.2) is 5.96 Å². The topological polar surface area (TPSA) is 65.9 Å². The van der Waals surface area contributed by atoms with Crippen LogP contribution in [0, 0.1) is 5.92 Å². The molecule has 0 bridgehead atoms. The van der Waals surface area contributed by atoms with Crippen molar-refractivity contribution < 1.29 is 9.84 Å². The quantitative estimate of drug-likeness (QED) is 0.369. The second-order valence-electron chi connectivity index (χ2n) is 6.28. The Morgan fingerprint density at radius 2 is 2.04 bits per heavy atom. The minimum atomic E-state index is -0.980. The van der Waals surface area contributed by atoms with Crippen LogP contribution in [0.3, 0.4) is 0 Å². The summed E-state index contributed by atoms with van der Waals surface area (Å²) in [4.78, 5) is 4.50. The number of aliphatic hydroxyl groups is 1. The highest BCUT2D eigenvalue weighted by Crippen LogP contribution is 2.28. The van der Waals surface area contributed by atoms with Gasteiger partial charge in [-0.1, -0.05) is 30.3 Å². The number of hydrogen-bond acceptors (Lipinski definition) is 3. The standard InChI is InChI=1S/C18H29N3O2/c1-3-19-17(20-11-12-23-13-15-9-10-15)21-14-18(2,22)16-7-5-4-6-8-16/h4-8,15,22H,3,9-14H2,1-2H3,(H2,19,20,21). The summed E-state index contributed by atoms with van der Waals surface area (Å²) in [5.74, 6) is 1.50. The van der Waals surface area contributed by atoms with Crippen molar-refractivity contribution in [1.82, 2.24) is 10.6 Å². The lowest BCUT2D eigenvalue weighted by Gasteiger charge is -2.22. The molecule has 128 valence electrons. The third kappa shape index (κ3) is 6.59. The molecule has 5 heteroatoms. The molecule has 5 nitrogen and oxygen atoms in total. The third-order valence-corrected chi connectivity index (χ3v) is 3.87. The van der Waals surface area contributed by atoms with Gasteiger partial charge in [-0.15, -0.1) is 0 Å². The number of nitrogens with zero attached hydrogens (tertiary/aromatic N) is 1. The van der Waals surface area contributed by atoms with Crippen LogP contribution >= 0.6 is 0 Å². The molecule has 1 aliphatic carbocycles. The van der Waals surface area contributed by atoms with Gasteiger partial charge in [0.2, 0.25) is 0 Å². The number of nitrogens with one attached hydrogen (secondary N) is 2. The Labute approximate surface area is 139 Å². The van der Waals surface area contributed by atoms with E-state index in [9.17, 15) is 5.11 Å². The number of ether oxygens (including phenoxy) is 1. The molecule has 1 aromatic carbocycles. The van der Waals surface area contributed by atoms with Gasteiger partial charge in [0.05, 0.1) is 13.2 Å². The van der Waals surface area contributed by atoms with E-state index in [0.29, 0.717) is 25.7 Å². The van der Waals surface area contributed by atoms with Gasteiger partial charge in [-0.05, 0) is 38.2 Å². The lowest BCUT2D eigenvalue weighted by atomic mass is 9.96. The summed E-state index contributed by atoms with van der Waals surface area (Å²) in [6.45, 7) is 7.15. The highest BCUT2D eigenvalue weighted by atomic mass is 16.5. The van der Waals surface area contributed by atoms with Crippen LogP contribution in [0.4, 0.5) is 0 Å². The Bertz CT molecular complexity index is 484. The second kappa shape index (κ2) is 8.89. The maximum absolute atomic E-state index is 10.6. The molecule has 3 N–H and O–H groups in total. The minimum absolute atomic E-state index is 0.301. The predicted molar refractivity (Wildman–Crippen MR) is 93.5 cm³/mol. The fraction of sp³-hybridized carbons (Fsp3) is 0.611. The van der Waals surface area contributed by atoms with E-state index < -0.39 is 5.60 Å². The van der Waals surface area contributed by atoms with E-state index in [1.54, 1.807) is 6.92 Å². The molecule has 23 heavy (non-hydrogen) atoms. The van der Waals surface area contributed by atoms with Gasteiger partial charge >= 0.3 is 0 Å². The van der Waals surface area contributed by atoms with Crippen molar-refractivity contribution in [2.75, 3.05) is 32.8 Å². The average molecular weight is 319 g/mol. The monoisotopic (exact) mass is 319 g/mol. The molecule has 1 atom stereocenters. The zero-order valence-electron chi connectivity index (χ0n) is 14.2. The van der Waals surface area contributed by atoms with E-state index in [-0.39, 0.29) is 0 Å². The third-order valence-electron chi connectivity index (χ3n) is 3.87. The number of benzene rings is 1. The van der Waals surface area contributed by atoms with Crippen molar-refractivity contribution in [2.24, 2.45) is 10.9 Å². The van der Waals surface area contributed by atoms with Gasteiger partial charge in [0.1, 0.15) is 5.60 Å². The van der Waals surface area contributed by atoms with E-state index in [0.717, 1.165) is 24.6 Å². The molecule has 2 rings (SSSR count). The molecule has 0 aromatic heterocycles. The van der Waals surface area contributed by atoms with Crippen molar-refractivity contribution in [2.45, 2.75) is 32.3 Å². The van der Waals surface area contributed by atoms with Crippen molar-refractivity contribution in [3.63, 3.8) is 0 Å². The molecule has 0 heterocycles. The van der Waals surface area contributed by atoms with Crippen LogP contribution < -0.4 is 10.6 Å². The van der Waals surface area contributed by atoms with E-state index in [1.807, 2.05) is 37.3 Å². The van der Waals surface area contributed by atoms with Crippen LogP contribution in [0.1, 0.15) is 32.3 Å². The normalized spacial score (nSPS) is 17.6. The van der Waals surface area contributed by atoms with Crippen molar-refractivity contribution in [3.05, 3.63) is 35.9 Å². The maximum atomic E-state index is 10.6. The highest BCUT2D eigenvalue weighted by Gasteiger charge is 2.22. The molecule has 1 saturated carbocycles. The van der Waals surface area contributed by atoms with Crippen LogP contribution in [0.5, 0.6) is 0 Å². The lowest BCUT2D eigenvalue weighted by Crippen LogP contribution is -2.40. The zero-order chi connectivity index (χ0) is 16.5. The predicted octanol–water partition coefficient (Wildman–Crippen LogP) is 1.88. The van der Waals surface area contributed by atoms with E-state index in [2.05, 4.69) is 15.6 Å². The van der Waals surface area contributed by atoms with Gasteiger partial charge in [-0.2, -0.15) is 0 Å². The molecule has 0 spiro atoms. The molecular weight excluding hydrogens is 290 g/mol. The summed E-state index contributed by atoms with van der Waals surface area (Å²) in [7, 11) is 0. The Balaban J connectivity index is 1.79. The van der Waals surface area contributed by atoms with Gasteiger partial charge in [-0.25, -0.2) is 4.99 Å². The minimum Gasteiger partial charge on any atom is -0.384 e. The van der Waals surface area contributed by atoms with Crippen LogP contribution in [0.15, 0.2) is 35.3 Å². The zero-order valence-corrected chi connectivity index (χ0v) is 14.2. The van der Waals surface area contributed by atoms with E-state index in [1.165, 1.54) is 12.8 Å². The summed E-state index contributed by atoms with van der Waals surface area (Å²) in [6, 6.07) is 9.63. The fourth-order valence-electron chi connectivity index (χ4n) is 2.24. The molecule has 0 amide bonds. The molecule has 0 aliphatic heterocycles. The van der Waals surface area contributed by atoms with Crippen molar-refractivity contribution >= 4 is 5.96 Å². The van der Waals surface area contributed by atoms with Crippen molar-refractivity contribution in [3.8, 4) is 0 Å². The maximum Gasteiger partial charge on any atom is 0.191 e. The molecular formula is C18H29N3O2. The number of rotatable bonds is 9. The second-order valence-corrected chi connectivity index (χ2v) is 6.28. The van der Waals surface area contributed by atoms with Crippen LogP contribution in [0.2, 0.25) is 0 Å². The van der Waals surface area contributed by atoms with Gasteiger partial charge < -0.3 is 20.5 Å². The first-order valence-corrected chi connectivity index (χ1v) is 8.49. The summed E-state index contributed by atoms with van der Waals surface area (Å²) in [5, 5.41) is 17.0. The van der Waals surface area contributed by atoms with E-state index >= 15 is 0 Å². The van der Waals surface area contributed by atoms with Gasteiger partial charge in [0, 0.05) is 19.7 Å². The molecule has 0 radical (unpaired) electrons. The van der Waals surface area contributed by atoms with Gasteiger partial charge in [-0.3, -0.25) is 0 Å². The lowest BCUT2D eigenvalue weighted by molar-refractivity contribution is 0.0672. The first kappa shape index (κ1) is 17.8. The molecule has 0 saturated heterocycles. The molecule has 1 aliphatic rings. The van der Waals surface area contributed by atoms with Crippen LogP contribution in [-0.4, -0.2) is 43.9 Å². The Morgan fingerprint density at radius 3 is 2.70 bits per heavy atom. The Morgan fingerprint density at radius 1 is 1.30 bits per heavy atom. The largest absolute Gasteiger partial charge is 0.384 e. The van der Waals surface area contributed by atoms with Crippen molar-refractivity contribution in [1.29, 1.82) is 0 Å². The van der Waals surface area contributed by atoms with Crippen LogP contribution in [-0.2, 0) is 10.3 Å². The number of hydrogen-bond donors (Lipinski definition) is 3. The average Bonchev–Trinajstić information content (AvgIpc) is 3.37. The number of guanidine groups is 1. The summed E-state index contributed by atoms with van der Waals surface area (Å²) in [5.41, 5.74) is -0.112. The summed E-state index contributed by atoms with van der Waals surface area (Å²) >= 11 is 0. The summed E-state index contributed by atoms with van der Waals surface area (Å²) < 4.78 is 5.61. The van der Waals surface area contributed by atoms with Crippen LogP contribution in [0.25, 0.3) is 0 Å². The first-order chi connectivity index (χ1) is 11.1. The van der Waals surface area contributed by atoms with E-state index in [4.69, 9.17) is 4.74 Å². The Hall–Kier alpha value is -1.59. The highest BCUT2D eigenvalue weighted by molar-refractivity contribution is 5.79. The summed E-state index contributed by atoms with van der Waals surface area (Å²) in [6.07, 6.45) is 2.62. The van der Waals surface area contributed by atoms with Gasteiger partial charge in [0.25, 0.3) is 0 Å². The smallest absolute Gasteiger partial charge is 0.191 e. The Kier molecular flexibility index (Phi) is 6.86. The molecule has 1 unspecified atom stereocenters. The molecule has 1 aromatic rings. The fourth-order valence-corrected chi connectivity index (χ4v) is 2.24. The number of aliphatic imine (C=N–C) groups is 1. The SMILES string of the molecule is CCNC(=NCC(C)(O)c1ccccc1)NCCOCC1CC1.